The number of hydrogen-bond donors (Lipinski definition) is 1. The van der Waals surface area contributed by atoms with Gasteiger partial charge in [0.25, 0.3) is 5.60 Å². The Balaban J connectivity index is 3.09. The van der Waals surface area contributed by atoms with E-state index in [1.165, 1.54) is 0 Å². The number of carboxylic acids is 1. The zero-order valence-electron chi connectivity index (χ0n) is 11.0. The minimum absolute atomic E-state index is 0.179. The van der Waals surface area contributed by atoms with Gasteiger partial charge in [-0.3, -0.25) is 0 Å². The highest BCUT2D eigenvalue weighted by atomic mass is 17.2. The monoisotopic (exact) mass is 286 g/mol. The molecule has 0 aliphatic carbocycles. The molecule has 3 atom stereocenters. The topological polar surface area (TPSA) is 108 Å². The Kier molecular flexibility index (Phi) is 5.07. The van der Waals surface area contributed by atoms with Gasteiger partial charge in [-0.25, -0.2) is 24.2 Å². The molecule has 0 aromatic carbocycles. The van der Waals surface area contributed by atoms with Crippen molar-refractivity contribution in [1.82, 2.24) is 0 Å². The molecule has 0 bridgehead atoms. The highest BCUT2D eigenvalue weighted by Crippen LogP contribution is 2.33. The van der Waals surface area contributed by atoms with E-state index in [2.05, 4.69) is 15.7 Å². The van der Waals surface area contributed by atoms with Crippen molar-refractivity contribution in [2.75, 3.05) is 13.7 Å². The highest BCUT2D eigenvalue weighted by molar-refractivity contribution is 6.03. The number of carbonyl (C=O) groups excluding carboxylic acids is 2. The third-order valence-electron chi connectivity index (χ3n) is 2.88. The van der Waals surface area contributed by atoms with Crippen LogP contribution in [0.25, 0.3) is 0 Å². The number of terminal acetylenes is 1. The summed E-state index contributed by atoms with van der Waals surface area (Å²) in [6.45, 7) is 1.16. The van der Waals surface area contributed by atoms with E-state index < -0.39 is 35.5 Å². The maximum Gasteiger partial charge on any atom is 0.401 e. The van der Waals surface area contributed by atoms with Crippen LogP contribution < -0.4 is 0 Å². The fourth-order valence-electron chi connectivity index (χ4n) is 1.93. The molecule has 0 radical (unpaired) electrons. The first-order chi connectivity index (χ1) is 9.40. The van der Waals surface area contributed by atoms with Gasteiger partial charge in [0, 0.05) is 20.6 Å². The minimum atomic E-state index is -2.50. The number of ether oxygens (including phenoxy) is 2. The Morgan fingerprint density at radius 3 is 2.50 bits per heavy atom. The van der Waals surface area contributed by atoms with Crippen molar-refractivity contribution in [3.05, 3.63) is 0 Å². The zero-order valence-corrected chi connectivity index (χ0v) is 11.0. The summed E-state index contributed by atoms with van der Waals surface area (Å²) >= 11 is 0. The molecule has 1 fully saturated rings. The summed E-state index contributed by atoms with van der Waals surface area (Å²) in [6, 6.07) is 0. The number of aliphatic carboxylic acids is 1. The van der Waals surface area contributed by atoms with E-state index in [0.717, 1.165) is 14.0 Å². The maximum absolute atomic E-state index is 11.9. The fourth-order valence-corrected chi connectivity index (χ4v) is 1.93. The van der Waals surface area contributed by atoms with Crippen molar-refractivity contribution < 1.29 is 38.7 Å². The molecule has 0 amide bonds. The first-order valence-corrected chi connectivity index (χ1v) is 5.66. The van der Waals surface area contributed by atoms with Gasteiger partial charge < -0.3 is 14.6 Å². The first-order valence-electron chi connectivity index (χ1n) is 5.66. The molecule has 1 aliphatic heterocycles. The lowest BCUT2D eigenvalue weighted by molar-refractivity contribution is -0.276. The van der Waals surface area contributed by atoms with Gasteiger partial charge in [0.15, 0.2) is 0 Å². The molecule has 0 spiro atoms. The number of hydrogen-bond acceptors (Lipinski definition) is 7. The van der Waals surface area contributed by atoms with E-state index in [-0.39, 0.29) is 6.61 Å². The summed E-state index contributed by atoms with van der Waals surface area (Å²) in [5.74, 6) is -2.29. The summed E-state index contributed by atoms with van der Waals surface area (Å²) < 4.78 is 10.0. The summed E-state index contributed by atoms with van der Waals surface area (Å²) in [4.78, 5) is 42.3. The number of methoxy groups -OCH3 is 1. The van der Waals surface area contributed by atoms with Gasteiger partial charge in [-0.2, -0.15) is 0 Å². The molecule has 8 heteroatoms. The van der Waals surface area contributed by atoms with Crippen molar-refractivity contribution in [1.29, 1.82) is 0 Å². The van der Waals surface area contributed by atoms with Crippen LogP contribution in [0.1, 0.15) is 13.3 Å². The molecule has 110 valence electrons. The molecular weight excluding hydrogens is 272 g/mol. The summed E-state index contributed by atoms with van der Waals surface area (Å²) in [5.41, 5.74) is -2.50. The van der Waals surface area contributed by atoms with Gasteiger partial charge in [0.05, 0.1) is 5.92 Å². The molecule has 20 heavy (non-hydrogen) atoms. The molecule has 1 N–H and O–H groups in total. The van der Waals surface area contributed by atoms with Crippen molar-refractivity contribution in [2.45, 2.75) is 25.0 Å². The van der Waals surface area contributed by atoms with E-state index in [4.69, 9.17) is 15.9 Å². The third-order valence-corrected chi connectivity index (χ3v) is 2.88. The minimum Gasteiger partial charge on any atom is -0.479 e. The molecule has 1 rings (SSSR count). The van der Waals surface area contributed by atoms with Gasteiger partial charge in [0.2, 0.25) is 0 Å². The number of carbonyl (C=O) groups is 3. The van der Waals surface area contributed by atoms with E-state index >= 15 is 0 Å². The van der Waals surface area contributed by atoms with Gasteiger partial charge in [0.1, 0.15) is 6.10 Å². The Morgan fingerprint density at radius 1 is 1.40 bits per heavy atom. The third kappa shape index (κ3) is 2.74. The standard InChI is InChI=1S/C12H14O8/c1-4-8-5-6-18-9(8)12(17-3,10(14)15)11(16)20-19-7(2)13/h1,8-9H,5-6H2,2-3H3,(H,14,15). The SMILES string of the molecule is C#CC1CCOC1C(OC)(C(=O)O)C(=O)OOC(C)=O. The van der Waals surface area contributed by atoms with Crippen LogP contribution in [0.2, 0.25) is 0 Å². The second kappa shape index (κ2) is 6.36. The van der Waals surface area contributed by atoms with Crippen LogP contribution in [-0.2, 0) is 33.6 Å². The Hall–Kier alpha value is -2.11. The molecule has 1 aliphatic rings. The second-order valence-corrected chi connectivity index (χ2v) is 4.04. The molecule has 0 saturated carbocycles. The second-order valence-electron chi connectivity index (χ2n) is 4.04. The average molecular weight is 286 g/mol. The van der Waals surface area contributed by atoms with Crippen LogP contribution in [0.4, 0.5) is 0 Å². The van der Waals surface area contributed by atoms with Gasteiger partial charge in [-0.05, 0) is 6.42 Å². The van der Waals surface area contributed by atoms with Crippen LogP contribution in [0, 0.1) is 18.3 Å². The van der Waals surface area contributed by atoms with Crippen molar-refractivity contribution in [3.63, 3.8) is 0 Å². The molecule has 3 unspecified atom stereocenters. The van der Waals surface area contributed by atoms with Gasteiger partial charge >= 0.3 is 17.9 Å². The molecule has 0 aromatic rings. The van der Waals surface area contributed by atoms with Crippen LogP contribution in [0.3, 0.4) is 0 Å². The Morgan fingerprint density at radius 2 is 2.05 bits per heavy atom. The molecule has 1 heterocycles. The first kappa shape index (κ1) is 15.9. The van der Waals surface area contributed by atoms with Gasteiger partial charge in [-0.15, -0.1) is 12.3 Å². The van der Waals surface area contributed by atoms with E-state index in [0.29, 0.717) is 6.42 Å². The Bertz CT molecular complexity index is 451. The smallest absolute Gasteiger partial charge is 0.401 e. The molecule has 0 aromatic heterocycles. The van der Waals surface area contributed by atoms with Crippen molar-refractivity contribution in [2.24, 2.45) is 5.92 Å². The number of rotatable bonds is 4. The van der Waals surface area contributed by atoms with E-state index in [1.54, 1.807) is 0 Å². The normalized spacial score (nSPS) is 24.2. The van der Waals surface area contributed by atoms with Crippen LogP contribution in [-0.4, -0.2) is 48.4 Å². The van der Waals surface area contributed by atoms with Crippen LogP contribution >= 0.6 is 0 Å². The fraction of sp³-hybridized carbons (Fsp3) is 0.583. The lowest BCUT2D eigenvalue weighted by atomic mass is 9.87. The maximum atomic E-state index is 11.9. The summed E-state index contributed by atoms with van der Waals surface area (Å²) in [7, 11) is 0.998. The van der Waals surface area contributed by atoms with E-state index in [9.17, 15) is 19.5 Å². The van der Waals surface area contributed by atoms with Crippen LogP contribution in [0.5, 0.6) is 0 Å². The zero-order chi connectivity index (χ0) is 15.3. The van der Waals surface area contributed by atoms with Gasteiger partial charge in [-0.1, -0.05) is 0 Å². The number of carboxylic acid groups (broad SMARTS) is 1. The lowest BCUT2D eigenvalue weighted by Crippen LogP contribution is -2.59. The lowest BCUT2D eigenvalue weighted by Gasteiger charge is -2.31. The predicted octanol–water partition coefficient (Wildman–Crippen LogP) is -0.484. The average Bonchev–Trinajstić information content (AvgIpc) is 2.86. The van der Waals surface area contributed by atoms with Crippen molar-refractivity contribution in [3.8, 4) is 12.3 Å². The molecule has 1 saturated heterocycles. The summed E-state index contributed by atoms with van der Waals surface area (Å²) in [6.07, 6.45) is 4.42. The van der Waals surface area contributed by atoms with Crippen molar-refractivity contribution >= 4 is 17.9 Å². The Labute approximate surface area is 114 Å². The van der Waals surface area contributed by atoms with E-state index in [1.807, 2.05) is 0 Å². The predicted molar refractivity (Wildman–Crippen MR) is 61.9 cm³/mol. The summed E-state index contributed by atoms with van der Waals surface area (Å²) in [5, 5.41) is 9.32. The highest BCUT2D eigenvalue weighted by Gasteiger charge is 2.60. The molecule has 8 nitrogen and oxygen atoms in total. The molecular formula is C12H14O8. The van der Waals surface area contributed by atoms with Crippen LogP contribution in [0.15, 0.2) is 0 Å². The quantitative estimate of drug-likeness (QED) is 0.319. The largest absolute Gasteiger partial charge is 0.479 e.